The van der Waals surface area contributed by atoms with Gasteiger partial charge in [-0.15, -0.1) is 5.10 Å². The molecule has 110 valence electrons. The molecular formula is C15H12N4O3. The Hall–Kier alpha value is -3.09. The molecule has 0 atom stereocenters. The predicted molar refractivity (Wildman–Crippen MR) is 78.2 cm³/mol. The highest BCUT2D eigenvalue weighted by Crippen LogP contribution is 2.04. The highest BCUT2D eigenvalue weighted by Gasteiger charge is 2.10. The largest absolute Gasteiger partial charge is 0.438 e. The molecule has 2 aromatic heterocycles. The third kappa shape index (κ3) is 2.69. The van der Waals surface area contributed by atoms with Gasteiger partial charge in [0.25, 0.3) is 5.56 Å². The Labute approximate surface area is 125 Å². The molecule has 0 unspecified atom stereocenters. The van der Waals surface area contributed by atoms with Crippen LogP contribution in [0.2, 0.25) is 0 Å². The van der Waals surface area contributed by atoms with Gasteiger partial charge in [0, 0.05) is 11.9 Å². The van der Waals surface area contributed by atoms with E-state index >= 15 is 0 Å². The molecule has 0 aliphatic carbocycles. The SMILES string of the molecule is Cc1ccc(C(=O)OCn2nnc3ccccc3c2=O)cn1. The first-order valence-electron chi connectivity index (χ1n) is 6.57. The van der Waals surface area contributed by atoms with Gasteiger partial charge < -0.3 is 4.74 Å². The monoisotopic (exact) mass is 296 g/mol. The van der Waals surface area contributed by atoms with Crippen LogP contribution in [-0.4, -0.2) is 25.9 Å². The van der Waals surface area contributed by atoms with E-state index in [2.05, 4.69) is 15.3 Å². The van der Waals surface area contributed by atoms with Crippen molar-refractivity contribution in [1.82, 2.24) is 20.0 Å². The van der Waals surface area contributed by atoms with Crippen LogP contribution < -0.4 is 5.56 Å². The number of ether oxygens (including phenoxy) is 1. The second kappa shape index (κ2) is 5.72. The minimum atomic E-state index is -0.575. The molecule has 3 rings (SSSR count). The minimum absolute atomic E-state index is 0.302. The van der Waals surface area contributed by atoms with Gasteiger partial charge in [-0.05, 0) is 31.2 Å². The fraction of sp³-hybridized carbons (Fsp3) is 0.133. The van der Waals surface area contributed by atoms with Crippen molar-refractivity contribution in [3.8, 4) is 0 Å². The van der Waals surface area contributed by atoms with E-state index in [0.29, 0.717) is 16.5 Å². The molecule has 0 fully saturated rings. The normalized spacial score (nSPS) is 10.6. The van der Waals surface area contributed by atoms with Gasteiger partial charge in [0.05, 0.1) is 10.9 Å². The Bertz CT molecular complexity index is 887. The first-order valence-corrected chi connectivity index (χ1v) is 6.57. The number of aryl methyl sites for hydroxylation is 1. The molecule has 1 aromatic carbocycles. The van der Waals surface area contributed by atoms with Gasteiger partial charge >= 0.3 is 5.97 Å². The maximum Gasteiger partial charge on any atom is 0.341 e. The minimum Gasteiger partial charge on any atom is -0.438 e. The Morgan fingerprint density at radius 2 is 2.05 bits per heavy atom. The third-order valence-corrected chi connectivity index (χ3v) is 3.09. The van der Waals surface area contributed by atoms with Crippen molar-refractivity contribution in [2.75, 3.05) is 0 Å². The van der Waals surface area contributed by atoms with Crippen LogP contribution in [0.4, 0.5) is 0 Å². The van der Waals surface area contributed by atoms with Crippen molar-refractivity contribution in [3.63, 3.8) is 0 Å². The van der Waals surface area contributed by atoms with Crippen molar-refractivity contribution in [2.24, 2.45) is 0 Å². The van der Waals surface area contributed by atoms with E-state index < -0.39 is 5.97 Å². The van der Waals surface area contributed by atoms with E-state index in [1.165, 1.54) is 6.20 Å². The van der Waals surface area contributed by atoms with E-state index in [-0.39, 0.29) is 12.3 Å². The van der Waals surface area contributed by atoms with Gasteiger partial charge in [-0.3, -0.25) is 9.78 Å². The molecule has 0 saturated carbocycles. The van der Waals surface area contributed by atoms with Crippen molar-refractivity contribution in [2.45, 2.75) is 13.7 Å². The van der Waals surface area contributed by atoms with Crippen molar-refractivity contribution in [1.29, 1.82) is 0 Å². The fourth-order valence-corrected chi connectivity index (χ4v) is 1.90. The number of fused-ring (bicyclic) bond motifs is 1. The molecule has 7 nitrogen and oxygen atoms in total. The molecule has 0 radical (unpaired) electrons. The molecule has 22 heavy (non-hydrogen) atoms. The molecule has 0 bridgehead atoms. The number of aromatic nitrogens is 4. The number of hydrogen-bond acceptors (Lipinski definition) is 6. The lowest BCUT2D eigenvalue weighted by Gasteiger charge is -2.06. The van der Waals surface area contributed by atoms with Crippen LogP contribution in [0.25, 0.3) is 10.9 Å². The lowest BCUT2D eigenvalue weighted by molar-refractivity contribution is 0.0335. The molecule has 0 saturated heterocycles. The molecule has 0 spiro atoms. The number of rotatable bonds is 3. The van der Waals surface area contributed by atoms with Crippen LogP contribution in [0, 0.1) is 6.92 Å². The summed E-state index contributed by atoms with van der Waals surface area (Å²) < 4.78 is 6.07. The van der Waals surface area contributed by atoms with E-state index in [4.69, 9.17) is 4.74 Å². The maximum absolute atomic E-state index is 12.2. The molecular weight excluding hydrogens is 284 g/mol. The number of nitrogens with zero attached hydrogens (tertiary/aromatic N) is 4. The summed E-state index contributed by atoms with van der Waals surface area (Å²) in [6, 6.07) is 10.2. The van der Waals surface area contributed by atoms with Crippen molar-refractivity contribution in [3.05, 3.63) is 64.2 Å². The fourth-order valence-electron chi connectivity index (χ4n) is 1.90. The van der Waals surface area contributed by atoms with Crippen LogP contribution in [0.5, 0.6) is 0 Å². The summed E-state index contributed by atoms with van der Waals surface area (Å²) in [7, 11) is 0. The summed E-state index contributed by atoms with van der Waals surface area (Å²) in [5.74, 6) is -0.575. The highest BCUT2D eigenvalue weighted by molar-refractivity contribution is 5.88. The van der Waals surface area contributed by atoms with Crippen molar-refractivity contribution >= 4 is 16.9 Å². The zero-order chi connectivity index (χ0) is 15.5. The number of esters is 1. The van der Waals surface area contributed by atoms with Gasteiger partial charge in [0.15, 0.2) is 6.73 Å². The standard InChI is InChI=1S/C15H12N4O3/c1-10-6-7-11(8-16-10)15(21)22-9-19-14(20)12-4-2-3-5-13(12)17-18-19/h2-8H,9H2,1H3. The van der Waals surface area contributed by atoms with E-state index in [1.807, 2.05) is 6.92 Å². The van der Waals surface area contributed by atoms with Gasteiger partial charge in [-0.25, -0.2) is 4.79 Å². The maximum atomic E-state index is 12.2. The molecule has 0 N–H and O–H groups in total. The summed E-state index contributed by atoms with van der Waals surface area (Å²) in [6.07, 6.45) is 1.42. The Balaban J connectivity index is 1.79. The summed E-state index contributed by atoms with van der Waals surface area (Å²) in [4.78, 5) is 28.1. The van der Waals surface area contributed by atoms with Crippen LogP contribution in [-0.2, 0) is 11.5 Å². The first kappa shape index (κ1) is 13.9. The lowest BCUT2D eigenvalue weighted by atomic mass is 10.2. The molecule has 0 amide bonds. The van der Waals surface area contributed by atoms with Crippen LogP contribution >= 0.6 is 0 Å². The zero-order valence-electron chi connectivity index (χ0n) is 11.8. The van der Waals surface area contributed by atoms with E-state index in [0.717, 1.165) is 10.4 Å². The second-order valence-electron chi connectivity index (χ2n) is 4.66. The second-order valence-corrected chi connectivity index (χ2v) is 4.66. The smallest absolute Gasteiger partial charge is 0.341 e. The van der Waals surface area contributed by atoms with E-state index in [1.54, 1.807) is 36.4 Å². The molecule has 2 heterocycles. The molecule has 3 aromatic rings. The number of carbonyl (C=O) groups is 1. The Morgan fingerprint density at radius 3 is 2.82 bits per heavy atom. The zero-order valence-corrected chi connectivity index (χ0v) is 11.8. The van der Waals surface area contributed by atoms with Gasteiger partial charge in [0.1, 0.15) is 5.52 Å². The van der Waals surface area contributed by atoms with Crippen LogP contribution in [0.15, 0.2) is 47.4 Å². The third-order valence-electron chi connectivity index (χ3n) is 3.09. The number of hydrogen-bond donors (Lipinski definition) is 0. The lowest BCUT2D eigenvalue weighted by Crippen LogP contribution is -2.26. The molecule has 0 aliphatic heterocycles. The average Bonchev–Trinajstić information content (AvgIpc) is 2.55. The summed E-state index contributed by atoms with van der Waals surface area (Å²) in [5, 5.41) is 8.08. The Morgan fingerprint density at radius 1 is 1.23 bits per heavy atom. The number of benzene rings is 1. The number of pyridine rings is 1. The summed E-state index contributed by atoms with van der Waals surface area (Å²) in [6.45, 7) is 1.52. The van der Waals surface area contributed by atoms with Gasteiger partial charge in [-0.1, -0.05) is 17.3 Å². The van der Waals surface area contributed by atoms with Crippen molar-refractivity contribution < 1.29 is 9.53 Å². The highest BCUT2D eigenvalue weighted by atomic mass is 16.5. The topological polar surface area (TPSA) is 87.0 Å². The van der Waals surface area contributed by atoms with Crippen LogP contribution in [0.1, 0.15) is 16.1 Å². The van der Waals surface area contributed by atoms with Crippen LogP contribution in [0.3, 0.4) is 0 Å². The van der Waals surface area contributed by atoms with E-state index in [9.17, 15) is 9.59 Å². The van der Waals surface area contributed by atoms with Gasteiger partial charge in [0.2, 0.25) is 0 Å². The quantitative estimate of drug-likeness (QED) is 0.677. The summed E-state index contributed by atoms with van der Waals surface area (Å²) in [5.41, 5.74) is 1.25. The average molecular weight is 296 g/mol. The first-order chi connectivity index (χ1) is 10.6. The van der Waals surface area contributed by atoms with Gasteiger partial charge in [-0.2, -0.15) is 4.68 Å². The molecule has 7 heteroatoms. The predicted octanol–water partition coefficient (Wildman–Crippen LogP) is 1.31. The molecule has 0 aliphatic rings. The Kier molecular flexibility index (Phi) is 3.61. The number of carbonyl (C=O) groups excluding carboxylic acids is 1. The summed E-state index contributed by atoms with van der Waals surface area (Å²) >= 11 is 0.